The van der Waals surface area contributed by atoms with E-state index in [1.54, 1.807) is 13.8 Å². The molecule has 0 heterocycles. The quantitative estimate of drug-likeness (QED) is 0.0174. The molecule has 0 spiro atoms. The van der Waals surface area contributed by atoms with Crippen molar-refractivity contribution in [1.82, 2.24) is 47.9 Å². The van der Waals surface area contributed by atoms with E-state index < -0.39 is 125 Å². The Morgan fingerprint density at radius 2 is 0.818 bits per heavy atom. The Bertz CT molecular complexity index is 1950. The highest BCUT2D eigenvalue weighted by atomic mass is 16.3. The lowest BCUT2D eigenvalue weighted by molar-refractivity contribution is -0.137. The first-order valence-corrected chi connectivity index (χ1v) is 27.0. The van der Waals surface area contributed by atoms with Gasteiger partial charge in [-0.3, -0.25) is 52.9 Å². The van der Waals surface area contributed by atoms with Gasteiger partial charge in [0.1, 0.15) is 54.4 Å². The Kier molecular flexibility index (Phi) is 33.9. The molecule has 0 saturated heterocycles. The molecule has 0 aliphatic rings. The second kappa shape index (κ2) is 36.8. The van der Waals surface area contributed by atoms with Gasteiger partial charge in [-0.2, -0.15) is 0 Å². The maximum Gasteiger partial charge on any atom is 0.245 e. The summed E-state index contributed by atoms with van der Waals surface area (Å²) in [6.07, 6.45) is 0.590. The van der Waals surface area contributed by atoms with E-state index in [0.29, 0.717) is 19.3 Å². The predicted octanol–water partition coefficient (Wildman–Crippen LogP) is -2.39. The standard InChI is InChI=1S/C51H97N15O11/c1-13-30(10)40(49(76)61-33(17-14-15-19-52)45(72)66-41(32(12)67)50(77)64-38(24-29(8)9)48(75)62-35(42(54)69)21-26(2)3)65-44(71)34(18-16-20-57-51(55)56)60-43(70)31(11)58-46(73)37(23-28(6)7)63-47(74)36(22-27(4)5)59-39(68)25-53/h26-38,40-41,67H,13-25,52-53H2,1-12H3,(H2,54,69)(H,58,73)(H,59,68)(H,60,70)(H,61,76)(H,62,75)(H,63,74)(H,64,77)(H,65,71)(H,66,72)(H4,55,56,57)/t30-,31-,32+,33-,34-,35-,36-,37-,38-,40-,41-/m0/s1. The van der Waals surface area contributed by atoms with Crippen LogP contribution in [0.2, 0.25) is 0 Å². The fourth-order valence-electron chi connectivity index (χ4n) is 7.97. The van der Waals surface area contributed by atoms with Gasteiger partial charge in [0.2, 0.25) is 59.1 Å². The third-order valence-corrected chi connectivity index (χ3v) is 12.4. The van der Waals surface area contributed by atoms with Crippen molar-refractivity contribution in [1.29, 1.82) is 0 Å². The number of aliphatic imine (C=N–C) groups is 1. The predicted molar refractivity (Wildman–Crippen MR) is 293 cm³/mol. The van der Waals surface area contributed by atoms with Crippen LogP contribution in [0.5, 0.6) is 0 Å². The Balaban J connectivity index is 6.72. The van der Waals surface area contributed by atoms with Crippen molar-refractivity contribution >= 4 is 65.0 Å². The lowest BCUT2D eigenvalue weighted by Crippen LogP contribution is -2.62. The van der Waals surface area contributed by atoms with Crippen molar-refractivity contribution in [2.75, 3.05) is 19.6 Å². The first kappa shape index (κ1) is 70.8. The number of guanidine groups is 1. The molecule has 0 aromatic heterocycles. The average molecular weight is 1100 g/mol. The van der Waals surface area contributed by atoms with Crippen LogP contribution in [0.3, 0.4) is 0 Å². The van der Waals surface area contributed by atoms with E-state index in [4.69, 9.17) is 28.7 Å². The van der Waals surface area contributed by atoms with Crippen LogP contribution in [0.25, 0.3) is 0 Å². The summed E-state index contributed by atoms with van der Waals surface area (Å²) in [6.45, 7) is 20.8. The minimum atomic E-state index is -1.63. The van der Waals surface area contributed by atoms with E-state index in [-0.39, 0.29) is 94.2 Å². The fraction of sp³-hybridized carbons (Fsp3) is 0.784. The van der Waals surface area contributed by atoms with Crippen LogP contribution in [-0.4, -0.2) is 150 Å². The highest BCUT2D eigenvalue weighted by molar-refractivity contribution is 5.98. The number of aliphatic hydroxyl groups excluding tert-OH is 1. The summed E-state index contributed by atoms with van der Waals surface area (Å²) in [4.78, 5) is 139. The SMILES string of the molecule is CC[C@H](C)[C@H](NC(=O)[C@H](CCCN=C(N)N)NC(=O)[C@H](C)NC(=O)[C@H](CC(C)C)NC(=O)[C@H](CC(C)C)NC(=O)CN)C(=O)N[C@@H](CCCCN)C(=O)N[C@H](C(=O)N[C@@H](CC(C)C)C(=O)N[C@@H](CC(C)C)C(N)=O)[C@@H](C)O. The molecule has 0 aliphatic carbocycles. The average Bonchev–Trinajstić information content (AvgIpc) is 3.32. The molecule has 0 aromatic rings. The van der Waals surface area contributed by atoms with Crippen LogP contribution in [0.15, 0.2) is 4.99 Å². The third-order valence-electron chi connectivity index (χ3n) is 12.4. The second-order valence-electron chi connectivity index (χ2n) is 21.6. The molecule has 442 valence electrons. The molecule has 0 saturated carbocycles. The third kappa shape index (κ3) is 28.7. The highest BCUT2D eigenvalue weighted by Crippen LogP contribution is 2.14. The Hall–Kier alpha value is -6.15. The fourth-order valence-corrected chi connectivity index (χ4v) is 7.97. The van der Waals surface area contributed by atoms with Crippen molar-refractivity contribution < 1.29 is 53.1 Å². The van der Waals surface area contributed by atoms with E-state index in [1.807, 2.05) is 55.4 Å². The number of hydrogen-bond acceptors (Lipinski definition) is 14. The molecule has 10 amide bonds. The monoisotopic (exact) mass is 1100 g/mol. The molecule has 26 heteroatoms. The molecule has 0 radical (unpaired) electrons. The zero-order valence-electron chi connectivity index (χ0n) is 47.7. The maximum atomic E-state index is 14.3. The van der Waals surface area contributed by atoms with Crippen molar-refractivity contribution in [3.8, 4) is 0 Å². The van der Waals surface area contributed by atoms with Gasteiger partial charge in [-0.15, -0.1) is 0 Å². The Labute approximate surface area is 455 Å². The minimum absolute atomic E-state index is 0.00139. The van der Waals surface area contributed by atoms with E-state index >= 15 is 0 Å². The van der Waals surface area contributed by atoms with Crippen LogP contribution >= 0.6 is 0 Å². The summed E-state index contributed by atoms with van der Waals surface area (Å²) >= 11 is 0. The highest BCUT2D eigenvalue weighted by Gasteiger charge is 2.37. The molecule has 0 aromatic carbocycles. The summed E-state index contributed by atoms with van der Waals surface area (Å²) in [5.74, 6) is -8.49. The van der Waals surface area contributed by atoms with Gasteiger partial charge in [-0.25, -0.2) is 0 Å². The summed E-state index contributed by atoms with van der Waals surface area (Å²) in [5.41, 5.74) is 27.8. The number of primary amides is 1. The van der Waals surface area contributed by atoms with Crippen molar-refractivity contribution in [3.05, 3.63) is 0 Å². The number of unbranched alkanes of at least 4 members (excludes halogenated alkanes) is 1. The van der Waals surface area contributed by atoms with Crippen molar-refractivity contribution in [3.63, 3.8) is 0 Å². The maximum absolute atomic E-state index is 14.3. The molecule has 20 N–H and O–H groups in total. The van der Waals surface area contributed by atoms with Gasteiger partial charge in [0.05, 0.1) is 12.6 Å². The topological polar surface area (TPSA) is 442 Å². The van der Waals surface area contributed by atoms with Crippen LogP contribution in [0.1, 0.15) is 147 Å². The molecule has 0 rings (SSSR count). The molecule has 0 unspecified atom stereocenters. The van der Waals surface area contributed by atoms with Crippen LogP contribution in [-0.2, 0) is 47.9 Å². The smallest absolute Gasteiger partial charge is 0.245 e. The van der Waals surface area contributed by atoms with Gasteiger partial charge >= 0.3 is 0 Å². The zero-order chi connectivity index (χ0) is 59.3. The summed E-state index contributed by atoms with van der Waals surface area (Å²) in [7, 11) is 0. The molecule has 11 atom stereocenters. The number of nitrogens with one attached hydrogen (secondary N) is 9. The van der Waals surface area contributed by atoms with Gasteiger partial charge in [-0.05, 0) is 108 Å². The first-order valence-electron chi connectivity index (χ1n) is 27.0. The van der Waals surface area contributed by atoms with Crippen LogP contribution in [0, 0.1) is 29.6 Å². The molecule has 0 aliphatic heterocycles. The molecule has 0 fully saturated rings. The van der Waals surface area contributed by atoms with Crippen molar-refractivity contribution in [2.24, 2.45) is 63.3 Å². The molecular formula is C51H97N15O11. The number of rotatable bonds is 38. The van der Waals surface area contributed by atoms with Crippen LogP contribution in [0.4, 0.5) is 0 Å². The Morgan fingerprint density at radius 3 is 1.25 bits per heavy atom. The van der Waals surface area contributed by atoms with E-state index in [9.17, 15) is 53.1 Å². The number of carbonyl (C=O) groups is 10. The normalized spacial score (nSPS) is 15.7. The number of hydrogen-bond donors (Lipinski definition) is 15. The summed E-state index contributed by atoms with van der Waals surface area (Å²) in [6, 6.07) is -11.1. The zero-order valence-corrected chi connectivity index (χ0v) is 47.7. The number of nitrogens with zero attached hydrogens (tertiary/aromatic N) is 1. The van der Waals surface area contributed by atoms with Crippen molar-refractivity contribution in [2.45, 2.75) is 208 Å². The summed E-state index contributed by atoms with van der Waals surface area (Å²) in [5, 5.41) is 34.5. The molecule has 26 nitrogen and oxygen atoms in total. The van der Waals surface area contributed by atoms with E-state index in [1.165, 1.54) is 13.8 Å². The van der Waals surface area contributed by atoms with Gasteiger partial charge < -0.3 is 81.6 Å². The van der Waals surface area contributed by atoms with Gasteiger partial charge in [0, 0.05) is 6.54 Å². The number of aliphatic hydroxyl groups is 1. The molecule has 0 bridgehead atoms. The largest absolute Gasteiger partial charge is 0.391 e. The van der Waals surface area contributed by atoms with E-state index in [0.717, 1.165) is 0 Å². The molecule has 77 heavy (non-hydrogen) atoms. The van der Waals surface area contributed by atoms with Crippen LogP contribution < -0.4 is 76.5 Å². The lowest BCUT2D eigenvalue weighted by Gasteiger charge is -2.30. The van der Waals surface area contributed by atoms with E-state index in [2.05, 4.69) is 52.8 Å². The summed E-state index contributed by atoms with van der Waals surface area (Å²) < 4.78 is 0. The number of amides is 10. The lowest BCUT2D eigenvalue weighted by atomic mass is 9.96. The number of carbonyl (C=O) groups excluding carboxylic acids is 10. The molecular weight excluding hydrogens is 999 g/mol. The second-order valence-corrected chi connectivity index (χ2v) is 21.6. The van der Waals surface area contributed by atoms with Gasteiger partial charge in [0.15, 0.2) is 5.96 Å². The number of nitrogens with two attached hydrogens (primary N) is 5. The van der Waals surface area contributed by atoms with Gasteiger partial charge in [-0.1, -0.05) is 75.7 Å². The Morgan fingerprint density at radius 1 is 0.442 bits per heavy atom. The first-order chi connectivity index (χ1) is 35.9. The minimum Gasteiger partial charge on any atom is -0.391 e. The van der Waals surface area contributed by atoms with Gasteiger partial charge in [0.25, 0.3) is 0 Å².